The molecule has 1 aliphatic carbocycles. The van der Waals surface area contributed by atoms with E-state index in [1.54, 1.807) is 13.8 Å². The van der Waals surface area contributed by atoms with E-state index >= 15 is 0 Å². The van der Waals surface area contributed by atoms with E-state index in [4.69, 9.17) is 0 Å². The Bertz CT molecular complexity index is 809. The zero-order chi connectivity index (χ0) is 15.4. The number of rotatable bonds is 3. The molecule has 0 saturated heterocycles. The molecule has 1 unspecified atom stereocenters. The van der Waals surface area contributed by atoms with E-state index in [1.165, 1.54) is 22.8 Å². The molecule has 0 radical (unpaired) electrons. The van der Waals surface area contributed by atoms with Crippen LogP contribution in [0.1, 0.15) is 36.6 Å². The van der Waals surface area contributed by atoms with Crippen molar-refractivity contribution in [2.45, 2.75) is 37.5 Å². The predicted molar refractivity (Wildman–Crippen MR) is 85.2 cm³/mol. The number of hydrogen-bond acceptors (Lipinski definition) is 3. The molecule has 0 amide bonds. The summed E-state index contributed by atoms with van der Waals surface area (Å²) in [7, 11) is -3.37. The van der Waals surface area contributed by atoms with Crippen molar-refractivity contribution in [3.63, 3.8) is 0 Å². The minimum Gasteiger partial charge on any atom is -0.387 e. The molecule has 0 aromatic heterocycles. The molecule has 3 rings (SSSR count). The molecule has 1 aliphatic rings. The van der Waals surface area contributed by atoms with Crippen molar-refractivity contribution in [1.29, 1.82) is 0 Å². The summed E-state index contributed by atoms with van der Waals surface area (Å²) in [6.07, 6.45) is 2.16. The molecule has 4 heteroatoms. The van der Waals surface area contributed by atoms with Crippen LogP contribution in [0.5, 0.6) is 0 Å². The largest absolute Gasteiger partial charge is 0.387 e. The highest BCUT2D eigenvalue weighted by atomic mass is 32.2. The second-order valence-corrected chi connectivity index (χ2v) is 9.03. The molecule has 0 spiro atoms. The van der Waals surface area contributed by atoms with E-state index < -0.39 is 20.7 Å². The molecule has 3 nitrogen and oxygen atoms in total. The highest BCUT2D eigenvalue weighted by molar-refractivity contribution is 7.92. The second-order valence-electron chi connectivity index (χ2n) is 6.43. The third-order valence-corrected chi connectivity index (χ3v) is 6.95. The first-order valence-electron chi connectivity index (χ1n) is 7.14. The minimum atomic E-state index is -3.37. The van der Waals surface area contributed by atoms with Crippen LogP contribution in [-0.4, -0.2) is 24.5 Å². The SMILES string of the molecule is CC(C)(C(O)c1ccc2c3c(cccc13)CC2)S(C)(=O)=O. The van der Waals surface area contributed by atoms with Crippen LogP contribution in [0, 0.1) is 0 Å². The molecule has 0 bridgehead atoms. The molecule has 0 aliphatic heterocycles. The van der Waals surface area contributed by atoms with E-state index in [1.807, 2.05) is 24.3 Å². The fourth-order valence-electron chi connectivity index (χ4n) is 3.09. The van der Waals surface area contributed by atoms with E-state index in [2.05, 4.69) is 6.07 Å². The van der Waals surface area contributed by atoms with Crippen molar-refractivity contribution < 1.29 is 13.5 Å². The molecular formula is C17H20O3S. The zero-order valence-corrected chi connectivity index (χ0v) is 13.4. The Kier molecular flexibility index (Phi) is 3.15. The number of sulfone groups is 1. The Morgan fingerprint density at radius 2 is 1.71 bits per heavy atom. The van der Waals surface area contributed by atoms with Gasteiger partial charge in [-0.05, 0) is 54.2 Å². The van der Waals surface area contributed by atoms with Crippen molar-refractivity contribution >= 4 is 20.6 Å². The summed E-state index contributed by atoms with van der Waals surface area (Å²) in [5, 5.41) is 12.9. The maximum atomic E-state index is 12.0. The third kappa shape index (κ3) is 2.09. The summed E-state index contributed by atoms with van der Waals surface area (Å²) < 4.78 is 22.8. The molecule has 112 valence electrons. The van der Waals surface area contributed by atoms with Gasteiger partial charge in [0.05, 0.1) is 10.9 Å². The van der Waals surface area contributed by atoms with Crippen molar-refractivity contribution in [1.82, 2.24) is 0 Å². The highest BCUT2D eigenvalue weighted by Crippen LogP contribution is 2.39. The van der Waals surface area contributed by atoms with Gasteiger partial charge in [0.2, 0.25) is 0 Å². The van der Waals surface area contributed by atoms with Crippen LogP contribution in [0.25, 0.3) is 10.8 Å². The molecule has 21 heavy (non-hydrogen) atoms. The Balaban J connectivity index is 2.24. The van der Waals surface area contributed by atoms with Crippen LogP contribution in [0.2, 0.25) is 0 Å². The molecule has 0 fully saturated rings. The first-order valence-corrected chi connectivity index (χ1v) is 9.03. The van der Waals surface area contributed by atoms with Gasteiger partial charge in [-0.25, -0.2) is 8.42 Å². The summed E-state index contributed by atoms with van der Waals surface area (Å²) in [4.78, 5) is 0. The molecule has 2 aromatic carbocycles. The van der Waals surface area contributed by atoms with Crippen LogP contribution in [0.4, 0.5) is 0 Å². The topological polar surface area (TPSA) is 54.4 Å². The van der Waals surface area contributed by atoms with Gasteiger partial charge in [-0.2, -0.15) is 0 Å². The van der Waals surface area contributed by atoms with Crippen LogP contribution < -0.4 is 0 Å². The lowest BCUT2D eigenvalue weighted by Gasteiger charge is -2.29. The van der Waals surface area contributed by atoms with Gasteiger partial charge in [-0.15, -0.1) is 0 Å². The maximum Gasteiger partial charge on any atom is 0.155 e. The van der Waals surface area contributed by atoms with Crippen LogP contribution in [-0.2, 0) is 22.7 Å². The van der Waals surface area contributed by atoms with Crippen LogP contribution in [0.3, 0.4) is 0 Å². The van der Waals surface area contributed by atoms with E-state index in [9.17, 15) is 13.5 Å². The van der Waals surface area contributed by atoms with Crippen molar-refractivity contribution in [3.8, 4) is 0 Å². The van der Waals surface area contributed by atoms with Gasteiger partial charge in [0.1, 0.15) is 0 Å². The minimum absolute atomic E-state index is 0.702. The summed E-state index contributed by atoms with van der Waals surface area (Å²) in [5.41, 5.74) is 3.27. The average molecular weight is 304 g/mol. The molecule has 0 saturated carbocycles. The molecule has 1 N–H and O–H groups in total. The summed E-state index contributed by atoms with van der Waals surface area (Å²) in [6.45, 7) is 3.16. The van der Waals surface area contributed by atoms with E-state index in [0.717, 1.165) is 18.2 Å². The quantitative estimate of drug-likeness (QED) is 0.948. The second kappa shape index (κ2) is 4.55. The van der Waals surface area contributed by atoms with Gasteiger partial charge < -0.3 is 5.11 Å². The monoisotopic (exact) mass is 304 g/mol. The molecule has 0 heterocycles. The Hall–Kier alpha value is -1.39. The number of hydrogen-bond donors (Lipinski definition) is 1. The smallest absolute Gasteiger partial charge is 0.155 e. The van der Waals surface area contributed by atoms with Crippen molar-refractivity contribution in [2.24, 2.45) is 0 Å². The number of aryl methyl sites for hydroxylation is 2. The van der Waals surface area contributed by atoms with E-state index in [0.29, 0.717) is 5.56 Å². The Morgan fingerprint density at radius 3 is 2.33 bits per heavy atom. The fourth-order valence-corrected chi connectivity index (χ4v) is 3.62. The number of benzene rings is 2. The highest BCUT2D eigenvalue weighted by Gasteiger charge is 2.39. The molecule has 1 atom stereocenters. The lowest BCUT2D eigenvalue weighted by molar-refractivity contribution is 0.141. The standard InChI is InChI=1S/C17H20O3S/c1-17(2,21(3,19)20)16(18)14-10-9-12-8-7-11-5-4-6-13(14)15(11)12/h4-6,9-10,16,18H,7-8H2,1-3H3. The summed E-state index contributed by atoms with van der Waals surface area (Å²) >= 11 is 0. The summed E-state index contributed by atoms with van der Waals surface area (Å²) in [5.74, 6) is 0. The van der Waals surface area contributed by atoms with Gasteiger partial charge >= 0.3 is 0 Å². The first-order chi connectivity index (χ1) is 9.73. The Labute approximate surface area is 125 Å². The van der Waals surface area contributed by atoms with Gasteiger partial charge in [0.15, 0.2) is 9.84 Å². The summed E-state index contributed by atoms with van der Waals surface area (Å²) in [6, 6.07) is 9.97. The van der Waals surface area contributed by atoms with Gasteiger partial charge in [0.25, 0.3) is 0 Å². The van der Waals surface area contributed by atoms with Crippen molar-refractivity contribution in [2.75, 3.05) is 6.26 Å². The number of aliphatic hydroxyl groups is 1. The van der Waals surface area contributed by atoms with Gasteiger partial charge in [0, 0.05) is 6.26 Å². The first kappa shape index (κ1) is 14.5. The molecular weight excluding hydrogens is 284 g/mol. The zero-order valence-electron chi connectivity index (χ0n) is 12.6. The molecule has 2 aromatic rings. The third-order valence-electron chi connectivity index (χ3n) is 4.82. The van der Waals surface area contributed by atoms with Gasteiger partial charge in [-0.1, -0.05) is 30.3 Å². The maximum absolute atomic E-state index is 12.0. The fraction of sp³-hybridized carbons (Fsp3) is 0.412. The van der Waals surface area contributed by atoms with Crippen molar-refractivity contribution in [3.05, 3.63) is 47.0 Å². The average Bonchev–Trinajstić information content (AvgIpc) is 2.83. The predicted octanol–water partition coefficient (Wildman–Crippen LogP) is 2.80. The lowest BCUT2D eigenvalue weighted by atomic mass is 9.91. The van der Waals surface area contributed by atoms with Crippen LogP contribution in [0.15, 0.2) is 30.3 Å². The van der Waals surface area contributed by atoms with E-state index in [-0.39, 0.29) is 0 Å². The number of aliphatic hydroxyl groups excluding tert-OH is 1. The lowest BCUT2D eigenvalue weighted by Crippen LogP contribution is -2.37. The normalized spacial score (nSPS) is 16.4. The Morgan fingerprint density at radius 1 is 1.10 bits per heavy atom. The van der Waals surface area contributed by atoms with Gasteiger partial charge in [-0.3, -0.25) is 0 Å². The van der Waals surface area contributed by atoms with Crippen LogP contribution >= 0.6 is 0 Å².